The van der Waals surface area contributed by atoms with Gasteiger partial charge in [0.15, 0.2) is 0 Å². The molecule has 1 aliphatic heterocycles. The number of amides is 2. The quantitative estimate of drug-likeness (QED) is 0.879. The third-order valence-corrected chi connectivity index (χ3v) is 3.99. The molecule has 0 radical (unpaired) electrons. The zero-order chi connectivity index (χ0) is 15.9. The molecule has 0 unspecified atom stereocenters. The van der Waals surface area contributed by atoms with Crippen molar-refractivity contribution in [3.05, 3.63) is 29.3 Å². The SMILES string of the molecule is CCCOc1ccc(CNC(=O)N(C)[C@@H]2CCOC2)c(C)c1. The first-order chi connectivity index (χ1) is 10.6. The van der Waals surface area contributed by atoms with Crippen LogP contribution in [0.2, 0.25) is 0 Å². The average Bonchev–Trinajstić information content (AvgIpc) is 3.05. The third-order valence-electron chi connectivity index (χ3n) is 3.99. The third kappa shape index (κ3) is 4.37. The predicted molar refractivity (Wildman–Crippen MR) is 86.2 cm³/mol. The molecule has 0 aliphatic carbocycles. The number of benzene rings is 1. The first kappa shape index (κ1) is 16.6. The summed E-state index contributed by atoms with van der Waals surface area (Å²) in [4.78, 5) is 13.9. The normalized spacial score (nSPS) is 17.3. The Labute approximate surface area is 132 Å². The summed E-state index contributed by atoms with van der Waals surface area (Å²) in [6.45, 7) is 6.74. The molecule has 0 saturated carbocycles. The molecular weight excluding hydrogens is 280 g/mol. The molecule has 5 heteroatoms. The maximum Gasteiger partial charge on any atom is 0.317 e. The van der Waals surface area contributed by atoms with E-state index in [0.29, 0.717) is 13.2 Å². The van der Waals surface area contributed by atoms with E-state index < -0.39 is 0 Å². The van der Waals surface area contributed by atoms with Crippen molar-refractivity contribution in [3.8, 4) is 5.75 Å². The summed E-state index contributed by atoms with van der Waals surface area (Å²) in [5.41, 5.74) is 2.23. The van der Waals surface area contributed by atoms with Crippen molar-refractivity contribution >= 4 is 6.03 Å². The van der Waals surface area contributed by atoms with Gasteiger partial charge in [-0.2, -0.15) is 0 Å². The molecule has 1 saturated heterocycles. The highest BCUT2D eigenvalue weighted by Gasteiger charge is 2.23. The molecule has 1 aromatic carbocycles. The molecule has 122 valence electrons. The van der Waals surface area contributed by atoms with Crippen LogP contribution in [0.15, 0.2) is 18.2 Å². The summed E-state index contributed by atoms with van der Waals surface area (Å²) in [6.07, 6.45) is 1.90. The van der Waals surface area contributed by atoms with Crippen molar-refractivity contribution in [2.75, 3.05) is 26.9 Å². The molecule has 1 atom stereocenters. The number of hydrogen-bond donors (Lipinski definition) is 1. The maximum atomic E-state index is 12.2. The van der Waals surface area contributed by atoms with Gasteiger partial charge in [-0.1, -0.05) is 13.0 Å². The van der Waals surface area contributed by atoms with E-state index in [2.05, 4.69) is 12.2 Å². The van der Waals surface area contributed by atoms with Gasteiger partial charge in [0.2, 0.25) is 0 Å². The smallest absolute Gasteiger partial charge is 0.317 e. The van der Waals surface area contributed by atoms with E-state index in [1.165, 1.54) is 0 Å². The Morgan fingerprint density at radius 1 is 1.50 bits per heavy atom. The van der Waals surface area contributed by atoms with Gasteiger partial charge in [0.25, 0.3) is 0 Å². The first-order valence-electron chi connectivity index (χ1n) is 7.92. The summed E-state index contributed by atoms with van der Waals surface area (Å²) >= 11 is 0. The number of likely N-dealkylation sites (N-methyl/N-ethyl adjacent to an activating group) is 1. The maximum absolute atomic E-state index is 12.2. The van der Waals surface area contributed by atoms with Crippen LogP contribution in [-0.2, 0) is 11.3 Å². The zero-order valence-corrected chi connectivity index (χ0v) is 13.7. The van der Waals surface area contributed by atoms with Crippen LogP contribution in [0, 0.1) is 6.92 Å². The van der Waals surface area contributed by atoms with Crippen LogP contribution < -0.4 is 10.1 Å². The van der Waals surface area contributed by atoms with Crippen molar-refractivity contribution in [2.24, 2.45) is 0 Å². The Kier molecular flexibility index (Phi) is 6.07. The molecule has 2 rings (SSSR count). The van der Waals surface area contributed by atoms with Gasteiger partial charge in [0.05, 0.1) is 19.3 Å². The molecular formula is C17H26N2O3. The largest absolute Gasteiger partial charge is 0.494 e. The molecule has 0 bridgehead atoms. The lowest BCUT2D eigenvalue weighted by molar-refractivity contribution is 0.158. The van der Waals surface area contributed by atoms with Crippen molar-refractivity contribution < 1.29 is 14.3 Å². The number of urea groups is 1. The summed E-state index contributed by atoms with van der Waals surface area (Å²) < 4.78 is 10.9. The van der Waals surface area contributed by atoms with Crippen LogP contribution in [0.3, 0.4) is 0 Å². The van der Waals surface area contributed by atoms with E-state index in [-0.39, 0.29) is 12.1 Å². The Bertz CT molecular complexity index is 499. The fourth-order valence-electron chi connectivity index (χ4n) is 2.47. The van der Waals surface area contributed by atoms with E-state index in [1.807, 2.05) is 32.2 Å². The lowest BCUT2D eigenvalue weighted by Crippen LogP contribution is -2.43. The number of hydrogen-bond acceptors (Lipinski definition) is 3. The fourth-order valence-corrected chi connectivity index (χ4v) is 2.47. The zero-order valence-electron chi connectivity index (χ0n) is 13.7. The molecule has 0 aromatic heterocycles. The number of nitrogens with one attached hydrogen (secondary N) is 1. The van der Waals surface area contributed by atoms with Gasteiger partial charge in [-0.15, -0.1) is 0 Å². The standard InChI is InChI=1S/C17H26N2O3/c1-4-8-22-16-6-5-14(13(2)10-16)11-18-17(20)19(3)15-7-9-21-12-15/h5-6,10,15H,4,7-9,11-12H2,1-3H3,(H,18,20)/t15-/m1/s1. The van der Waals surface area contributed by atoms with Crippen molar-refractivity contribution in [3.63, 3.8) is 0 Å². The number of rotatable bonds is 6. The van der Waals surface area contributed by atoms with Gasteiger partial charge in [-0.25, -0.2) is 4.79 Å². The Hall–Kier alpha value is -1.75. The van der Waals surface area contributed by atoms with E-state index in [1.54, 1.807) is 4.90 Å². The highest BCUT2D eigenvalue weighted by Crippen LogP contribution is 2.18. The number of nitrogens with zero attached hydrogens (tertiary/aromatic N) is 1. The second-order valence-electron chi connectivity index (χ2n) is 5.72. The molecule has 1 aromatic rings. The first-order valence-corrected chi connectivity index (χ1v) is 7.92. The van der Waals surface area contributed by atoms with E-state index in [0.717, 1.165) is 42.9 Å². The monoisotopic (exact) mass is 306 g/mol. The minimum atomic E-state index is -0.0544. The summed E-state index contributed by atoms with van der Waals surface area (Å²) in [5, 5.41) is 2.97. The molecule has 1 fully saturated rings. The number of ether oxygens (including phenoxy) is 2. The van der Waals surface area contributed by atoms with E-state index >= 15 is 0 Å². The van der Waals surface area contributed by atoms with Gasteiger partial charge < -0.3 is 19.7 Å². The number of aryl methyl sites for hydroxylation is 1. The van der Waals surface area contributed by atoms with Crippen LogP contribution in [0.1, 0.15) is 30.9 Å². The van der Waals surface area contributed by atoms with Gasteiger partial charge in [0, 0.05) is 20.2 Å². The number of carbonyl (C=O) groups is 1. The topological polar surface area (TPSA) is 50.8 Å². The minimum absolute atomic E-state index is 0.0544. The van der Waals surface area contributed by atoms with E-state index in [9.17, 15) is 4.79 Å². The highest BCUT2D eigenvalue weighted by molar-refractivity contribution is 5.74. The molecule has 22 heavy (non-hydrogen) atoms. The highest BCUT2D eigenvalue weighted by atomic mass is 16.5. The van der Waals surface area contributed by atoms with Crippen LogP contribution in [0.25, 0.3) is 0 Å². The fraction of sp³-hybridized carbons (Fsp3) is 0.588. The van der Waals surface area contributed by atoms with Crippen LogP contribution in [-0.4, -0.2) is 43.8 Å². The molecule has 0 spiro atoms. The lowest BCUT2D eigenvalue weighted by atomic mass is 10.1. The molecule has 1 N–H and O–H groups in total. The second kappa shape index (κ2) is 8.03. The van der Waals surface area contributed by atoms with Crippen molar-refractivity contribution in [2.45, 2.75) is 39.3 Å². The summed E-state index contributed by atoms with van der Waals surface area (Å²) in [5.74, 6) is 0.884. The minimum Gasteiger partial charge on any atom is -0.494 e. The molecule has 5 nitrogen and oxygen atoms in total. The Balaban J connectivity index is 1.86. The lowest BCUT2D eigenvalue weighted by Gasteiger charge is -2.23. The summed E-state index contributed by atoms with van der Waals surface area (Å²) in [6, 6.07) is 6.12. The number of carbonyl (C=O) groups excluding carboxylic acids is 1. The molecule has 1 heterocycles. The Morgan fingerprint density at radius 2 is 2.32 bits per heavy atom. The van der Waals surface area contributed by atoms with Crippen molar-refractivity contribution in [1.82, 2.24) is 10.2 Å². The second-order valence-corrected chi connectivity index (χ2v) is 5.72. The van der Waals surface area contributed by atoms with Crippen molar-refractivity contribution in [1.29, 1.82) is 0 Å². The van der Waals surface area contributed by atoms with Gasteiger partial charge in [-0.3, -0.25) is 0 Å². The van der Waals surface area contributed by atoms with Crippen LogP contribution >= 0.6 is 0 Å². The van der Waals surface area contributed by atoms with Crippen LogP contribution in [0.5, 0.6) is 5.75 Å². The van der Waals surface area contributed by atoms with Gasteiger partial charge in [0.1, 0.15) is 5.75 Å². The average molecular weight is 306 g/mol. The van der Waals surface area contributed by atoms with Gasteiger partial charge in [-0.05, 0) is 43.0 Å². The Morgan fingerprint density at radius 3 is 2.95 bits per heavy atom. The predicted octanol–water partition coefficient (Wildman–Crippen LogP) is 2.71. The van der Waals surface area contributed by atoms with Crippen LogP contribution in [0.4, 0.5) is 4.79 Å². The van der Waals surface area contributed by atoms with Gasteiger partial charge >= 0.3 is 6.03 Å². The molecule has 2 amide bonds. The van der Waals surface area contributed by atoms with E-state index in [4.69, 9.17) is 9.47 Å². The molecule has 1 aliphatic rings. The summed E-state index contributed by atoms with van der Waals surface area (Å²) in [7, 11) is 1.82.